The molecule has 1 aliphatic carbocycles. The first-order chi connectivity index (χ1) is 14.2. The standard InChI is InChI=1S/C28H37Si.3ClH.Ti/c1-8-9-18-29(7,28-23(5)21(3)20(2)22(4)24(28)6)27-17-13-16-26(27)19-25-14-11-10-12-15-25;;;;/h10-12,14-15,17H,8-9,13,18-19H2,1-7H3;3*1H;/q;;;;+3/p-3. The van der Waals surface area contributed by atoms with Crippen LogP contribution in [0.3, 0.4) is 0 Å². The number of unbranched alkanes of at least 4 members (excludes halogenated alkanes) is 1. The molecule has 1 atom stereocenters. The maximum atomic E-state index is 2.67. The third-order valence-electron chi connectivity index (χ3n) is 7.60. The van der Waals surface area contributed by atoms with Gasteiger partial charge >= 0.3 is 198 Å². The Morgan fingerprint density at radius 2 is 1.33 bits per heavy atom. The zero-order valence-electron chi connectivity index (χ0n) is 21.1. The van der Waals surface area contributed by atoms with Gasteiger partial charge in [0.1, 0.15) is 0 Å². The van der Waals surface area contributed by atoms with Crippen LogP contribution >= 0.6 is 0 Å². The molecule has 1 aliphatic rings. The second-order valence-corrected chi connectivity index (χ2v) is 14.5. The normalized spacial score (nSPS) is 14.6. The van der Waals surface area contributed by atoms with Crippen LogP contribution in [0.5, 0.6) is 0 Å². The van der Waals surface area contributed by atoms with Crippen molar-refractivity contribution in [1.82, 2.24) is 0 Å². The summed E-state index contributed by atoms with van der Waals surface area (Å²) in [6.45, 7) is 16.8. The van der Waals surface area contributed by atoms with Crippen molar-refractivity contribution in [3.05, 3.63) is 84.4 Å². The van der Waals surface area contributed by atoms with E-state index in [4.69, 9.17) is 0 Å². The van der Waals surface area contributed by atoms with Gasteiger partial charge in [-0.2, -0.15) is 0 Å². The maximum Gasteiger partial charge on any atom is -1.00 e. The van der Waals surface area contributed by atoms with Crippen molar-refractivity contribution >= 4 is 13.3 Å². The van der Waals surface area contributed by atoms with E-state index in [0.29, 0.717) is 0 Å². The molecule has 5 heteroatoms. The number of allylic oxidation sites excluding steroid dienone is 4. The van der Waals surface area contributed by atoms with Crippen LogP contribution in [0.1, 0.15) is 59.6 Å². The van der Waals surface area contributed by atoms with E-state index < -0.39 is 8.07 Å². The first-order valence-electron chi connectivity index (χ1n) is 11.5. The van der Waals surface area contributed by atoms with Crippen LogP contribution in [-0.4, -0.2) is 8.07 Å². The Hall–Kier alpha value is -0.279. The van der Waals surface area contributed by atoms with Gasteiger partial charge in [0.15, 0.2) is 0 Å². The van der Waals surface area contributed by atoms with E-state index in [1.807, 2.05) is 0 Å². The monoisotopic (exact) mass is 554 g/mol. The molecule has 2 aromatic carbocycles. The molecule has 3 rings (SSSR count). The van der Waals surface area contributed by atoms with Crippen LogP contribution in [0.25, 0.3) is 0 Å². The fourth-order valence-electron chi connectivity index (χ4n) is 5.43. The quantitative estimate of drug-likeness (QED) is 0.355. The molecule has 1 unspecified atom stereocenters. The second-order valence-electron chi connectivity index (χ2n) is 9.38. The predicted octanol–water partition coefficient (Wildman–Crippen LogP) is -1.76. The topological polar surface area (TPSA) is 0 Å². The molecule has 33 heavy (non-hydrogen) atoms. The van der Waals surface area contributed by atoms with Gasteiger partial charge in [0.25, 0.3) is 0 Å². The summed E-state index contributed by atoms with van der Waals surface area (Å²) in [7, 11) is -1.84. The van der Waals surface area contributed by atoms with Crippen molar-refractivity contribution in [2.75, 3.05) is 0 Å². The summed E-state index contributed by atoms with van der Waals surface area (Å²) in [4.78, 5) is 0. The Labute approximate surface area is 233 Å². The molecule has 0 aromatic heterocycles. The van der Waals surface area contributed by atoms with Crippen LogP contribution in [0, 0.1) is 34.6 Å². The van der Waals surface area contributed by atoms with Crippen molar-refractivity contribution in [2.45, 2.75) is 79.8 Å². The minimum atomic E-state index is -1.84. The molecule has 0 bridgehead atoms. The summed E-state index contributed by atoms with van der Waals surface area (Å²) in [5, 5.41) is 3.45. The molecule has 2 aromatic rings. The minimum absolute atomic E-state index is 0. The number of halogens is 3. The van der Waals surface area contributed by atoms with Crippen molar-refractivity contribution < 1.29 is 57.7 Å². The van der Waals surface area contributed by atoms with Gasteiger partial charge in [0.2, 0.25) is 0 Å². The summed E-state index contributed by atoms with van der Waals surface area (Å²) in [6.07, 6.45) is 7.42. The predicted molar refractivity (Wildman–Crippen MR) is 131 cm³/mol. The fourth-order valence-corrected chi connectivity index (χ4v) is 11.5. The Kier molecular flexibility index (Phi) is 13.6. The van der Waals surface area contributed by atoms with Crippen LogP contribution in [0.15, 0.2) is 51.1 Å². The molecule has 0 nitrogen and oxygen atoms in total. The number of benzene rings is 2. The third-order valence-corrected chi connectivity index (χ3v) is 13.3. The number of hydrogen-bond donors (Lipinski definition) is 0. The summed E-state index contributed by atoms with van der Waals surface area (Å²) < 4.78 is 1.58. The molecule has 178 valence electrons. The zero-order valence-corrected chi connectivity index (χ0v) is 26.0. The molecule has 0 saturated heterocycles. The van der Waals surface area contributed by atoms with Crippen LogP contribution in [0.4, 0.5) is 0 Å². The van der Waals surface area contributed by atoms with E-state index in [1.54, 1.807) is 31.0 Å². The van der Waals surface area contributed by atoms with E-state index >= 15 is 0 Å². The molecular weight excluding hydrogens is 519 g/mol. The van der Waals surface area contributed by atoms with Gasteiger partial charge in [-0.05, 0) is 0 Å². The molecular formula is C28H37Cl3SiTi. The Balaban J connectivity index is 0.00000341. The Morgan fingerprint density at radius 3 is 1.85 bits per heavy atom. The van der Waals surface area contributed by atoms with Gasteiger partial charge in [-0.15, -0.1) is 0 Å². The van der Waals surface area contributed by atoms with E-state index in [0.717, 1.165) is 12.8 Å². The summed E-state index contributed by atoms with van der Waals surface area (Å²) in [5.74, 6) is 0. The summed E-state index contributed by atoms with van der Waals surface area (Å²) in [6, 6.07) is 12.4. The number of rotatable bonds is 7. The molecule has 0 fully saturated rings. The summed E-state index contributed by atoms with van der Waals surface area (Å²) >= 11 is 2.36. The molecule has 0 heterocycles. The van der Waals surface area contributed by atoms with Crippen molar-refractivity contribution in [2.24, 2.45) is 0 Å². The molecule has 0 radical (unpaired) electrons. The summed E-state index contributed by atoms with van der Waals surface area (Å²) in [5.41, 5.74) is 10.7. The van der Waals surface area contributed by atoms with Gasteiger partial charge < -0.3 is 37.2 Å². The van der Waals surface area contributed by atoms with E-state index in [2.05, 4.69) is 105 Å². The molecule has 0 spiro atoms. The molecule has 0 saturated carbocycles. The van der Waals surface area contributed by atoms with Gasteiger partial charge in [0, 0.05) is 0 Å². The van der Waals surface area contributed by atoms with Gasteiger partial charge in [-0.1, -0.05) is 0 Å². The number of hydrogen-bond acceptors (Lipinski definition) is 0. The van der Waals surface area contributed by atoms with Crippen LogP contribution < -0.4 is 42.4 Å². The van der Waals surface area contributed by atoms with Crippen molar-refractivity contribution in [1.29, 1.82) is 0 Å². The van der Waals surface area contributed by atoms with E-state index in [9.17, 15) is 0 Å². The van der Waals surface area contributed by atoms with E-state index in [-0.39, 0.29) is 37.2 Å². The first kappa shape index (κ1) is 32.7. The average Bonchev–Trinajstić information content (AvgIpc) is 3.11. The molecule has 0 N–H and O–H groups in total. The molecule has 0 aliphatic heterocycles. The first-order valence-corrected chi connectivity index (χ1v) is 15.0. The Bertz CT molecular complexity index is 983. The molecule has 0 amide bonds. The largest absolute Gasteiger partial charge is 1.00 e. The van der Waals surface area contributed by atoms with Crippen LogP contribution in [0.2, 0.25) is 12.6 Å². The minimum Gasteiger partial charge on any atom is -1.00 e. The fraction of sp³-hybridized carbons (Fsp3) is 0.429. The van der Waals surface area contributed by atoms with Crippen molar-refractivity contribution in [3.63, 3.8) is 0 Å². The van der Waals surface area contributed by atoms with E-state index in [1.165, 1.54) is 41.1 Å². The van der Waals surface area contributed by atoms with Crippen molar-refractivity contribution in [3.8, 4) is 0 Å². The maximum absolute atomic E-state index is 2.67. The Morgan fingerprint density at radius 1 is 0.818 bits per heavy atom. The van der Waals surface area contributed by atoms with Gasteiger partial charge in [-0.3, -0.25) is 0 Å². The average molecular weight is 556 g/mol. The third kappa shape index (κ3) is 6.49. The van der Waals surface area contributed by atoms with Crippen LogP contribution in [-0.2, 0) is 26.9 Å². The van der Waals surface area contributed by atoms with Gasteiger partial charge in [0.05, 0.1) is 0 Å². The SMILES string of the molecule is CCCC[Si](C)(C1=CC[C]([Ti+3])=C1Cc1ccccc1)c1c(C)c(C)c(C)c(C)c1C.[Cl-].[Cl-].[Cl-]. The van der Waals surface area contributed by atoms with Gasteiger partial charge in [-0.25, -0.2) is 0 Å². The zero-order chi connectivity index (χ0) is 22.1. The second kappa shape index (κ2) is 13.7. The smallest absolute Gasteiger partial charge is 1.00 e.